The van der Waals surface area contributed by atoms with Gasteiger partial charge in [0.05, 0.1) is 0 Å². The maximum Gasteiger partial charge on any atom is 0.114 e. The molecule has 3 rings (SSSR count). The summed E-state index contributed by atoms with van der Waals surface area (Å²) in [5, 5.41) is 0. The molecule has 0 fully saturated rings. The molecule has 2 aliphatic rings. The summed E-state index contributed by atoms with van der Waals surface area (Å²) in [5.74, 6) is 0. The molecule has 2 radical (unpaired) electrons. The van der Waals surface area contributed by atoms with Gasteiger partial charge < -0.3 is 0 Å². The second-order valence-electron chi connectivity index (χ2n) is 11.8. The molecular weight excluding hydrogens is 347 g/mol. The van der Waals surface area contributed by atoms with E-state index in [1.807, 2.05) is 0 Å². The number of hydrogen-bond acceptors (Lipinski definition) is 0. The van der Waals surface area contributed by atoms with Gasteiger partial charge in [0, 0.05) is 0 Å². The molecule has 1 heteroatoms. The van der Waals surface area contributed by atoms with Crippen LogP contribution in [0.4, 0.5) is 0 Å². The van der Waals surface area contributed by atoms with Crippen LogP contribution in [0.2, 0.25) is 0 Å². The minimum Gasteiger partial charge on any atom is -0.0887 e. The topological polar surface area (TPSA) is 0 Å². The predicted octanol–water partition coefficient (Wildman–Crippen LogP) is 7.52. The van der Waals surface area contributed by atoms with Gasteiger partial charge in [-0.3, -0.25) is 0 Å². The average Bonchev–Trinajstić information content (AvgIpc) is 2.95. The van der Waals surface area contributed by atoms with E-state index in [2.05, 4.69) is 61.5 Å². The molecule has 0 atom stereocenters. The van der Waals surface area contributed by atoms with Gasteiger partial charge in [0.1, 0.15) is 7.85 Å². The summed E-state index contributed by atoms with van der Waals surface area (Å²) in [6, 6.07) is 2.64. The van der Waals surface area contributed by atoms with Gasteiger partial charge in [0.15, 0.2) is 0 Å². The number of fused-ring (bicyclic) bond motifs is 2. The second kappa shape index (κ2) is 7.76. The smallest absolute Gasteiger partial charge is 0.0887 e. The summed E-state index contributed by atoms with van der Waals surface area (Å²) >= 11 is 0. The highest BCUT2D eigenvalue weighted by atomic mass is 14.6. The molecule has 0 saturated carbocycles. The first kappa shape index (κ1) is 23.0. The lowest BCUT2D eigenvalue weighted by Gasteiger charge is -2.37. The van der Waals surface area contributed by atoms with Gasteiger partial charge in [-0.2, -0.15) is 0 Å². The van der Waals surface area contributed by atoms with Crippen LogP contribution in [0.15, 0.2) is 6.07 Å². The summed E-state index contributed by atoms with van der Waals surface area (Å²) in [6.45, 7) is 19.3. The molecular formula is C28H45B. The molecule has 0 unspecified atom stereocenters. The van der Waals surface area contributed by atoms with Crippen LogP contribution in [-0.2, 0) is 21.7 Å². The van der Waals surface area contributed by atoms with Gasteiger partial charge >= 0.3 is 0 Å². The molecule has 0 nitrogen and oxygen atoms in total. The molecule has 0 saturated heterocycles. The third-order valence-corrected chi connectivity index (χ3v) is 8.36. The van der Waals surface area contributed by atoms with E-state index >= 15 is 0 Å². The normalized spacial score (nSPS) is 22.5. The summed E-state index contributed by atoms with van der Waals surface area (Å²) in [4.78, 5) is 0. The lowest BCUT2D eigenvalue weighted by Crippen LogP contribution is -2.36. The molecule has 2 aliphatic carbocycles. The summed E-state index contributed by atoms with van der Waals surface area (Å²) in [5.41, 5.74) is 8.49. The average molecular weight is 392 g/mol. The van der Waals surface area contributed by atoms with Gasteiger partial charge in [0.2, 0.25) is 0 Å². The summed E-state index contributed by atoms with van der Waals surface area (Å²) < 4.78 is 0. The lowest BCUT2D eigenvalue weighted by molar-refractivity contribution is 0.298. The van der Waals surface area contributed by atoms with Crippen LogP contribution < -0.4 is 5.46 Å². The van der Waals surface area contributed by atoms with Crippen molar-refractivity contribution in [1.82, 2.24) is 0 Å². The number of rotatable bonds is 8. The van der Waals surface area contributed by atoms with Gasteiger partial charge in [0.25, 0.3) is 0 Å². The zero-order chi connectivity index (χ0) is 21.7. The first-order valence-electron chi connectivity index (χ1n) is 12.5. The van der Waals surface area contributed by atoms with E-state index in [1.165, 1.54) is 69.7 Å². The Balaban J connectivity index is 2.36. The van der Waals surface area contributed by atoms with Crippen molar-refractivity contribution in [3.8, 4) is 0 Å². The molecule has 0 aromatic heterocycles. The van der Waals surface area contributed by atoms with Crippen molar-refractivity contribution in [2.45, 2.75) is 141 Å². The molecule has 0 bridgehead atoms. The summed E-state index contributed by atoms with van der Waals surface area (Å²) in [7, 11) is 7.30. The minimum absolute atomic E-state index is 0.222. The Hall–Kier alpha value is -0.715. The van der Waals surface area contributed by atoms with Crippen molar-refractivity contribution in [2.24, 2.45) is 0 Å². The van der Waals surface area contributed by atoms with E-state index in [-0.39, 0.29) is 21.7 Å². The zero-order valence-electron chi connectivity index (χ0n) is 20.7. The van der Waals surface area contributed by atoms with Crippen LogP contribution in [0.3, 0.4) is 0 Å². The van der Waals surface area contributed by atoms with E-state index in [0.717, 1.165) is 0 Å². The van der Waals surface area contributed by atoms with E-state index in [1.54, 1.807) is 22.3 Å². The third kappa shape index (κ3) is 3.43. The maximum absolute atomic E-state index is 7.30. The van der Waals surface area contributed by atoms with E-state index in [9.17, 15) is 0 Å². The molecule has 29 heavy (non-hydrogen) atoms. The van der Waals surface area contributed by atoms with Crippen LogP contribution in [0.1, 0.15) is 142 Å². The first-order chi connectivity index (χ1) is 13.5. The second-order valence-corrected chi connectivity index (χ2v) is 11.8. The van der Waals surface area contributed by atoms with Crippen molar-refractivity contribution in [1.29, 1.82) is 0 Å². The quantitative estimate of drug-likeness (QED) is 0.401. The van der Waals surface area contributed by atoms with Crippen molar-refractivity contribution in [3.05, 3.63) is 28.3 Å². The third-order valence-electron chi connectivity index (χ3n) is 8.36. The Morgan fingerprint density at radius 3 is 1.24 bits per heavy atom. The van der Waals surface area contributed by atoms with Crippen LogP contribution in [-0.4, -0.2) is 7.85 Å². The Morgan fingerprint density at radius 1 is 0.655 bits per heavy atom. The zero-order valence-corrected chi connectivity index (χ0v) is 20.7. The van der Waals surface area contributed by atoms with Crippen molar-refractivity contribution >= 4 is 13.3 Å². The van der Waals surface area contributed by atoms with Gasteiger partial charge in [-0.05, 0) is 82.4 Å². The van der Waals surface area contributed by atoms with E-state index in [4.69, 9.17) is 7.85 Å². The Bertz CT molecular complexity index is 680. The number of hydrogen-bond donors (Lipinski definition) is 0. The maximum atomic E-state index is 7.30. The van der Waals surface area contributed by atoms with Gasteiger partial charge in [-0.1, -0.05) is 92.6 Å². The molecule has 0 heterocycles. The van der Waals surface area contributed by atoms with Crippen LogP contribution in [0, 0.1) is 0 Å². The van der Waals surface area contributed by atoms with Crippen LogP contribution in [0.5, 0.6) is 0 Å². The Kier molecular flexibility index (Phi) is 6.14. The molecule has 0 aliphatic heterocycles. The minimum atomic E-state index is 0.222. The monoisotopic (exact) mass is 392 g/mol. The Morgan fingerprint density at radius 2 is 0.966 bits per heavy atom. The van der Waals surface area contributed by atoms with E-state index in [0.29, 0.717) is 0 Å². The fourth-order valence-electron chi connectivity index (χ4n) is 7.99. The molecule has 0 amide bonds. The van der Waals surface area contributed by atoms with Crippen molar-refractivity contribution in [3.63, 3.8) is 0 Å². The largest absolute Gasteiger partial charge is 0.114 e. The lowest BCUT2D eigenvalue weighted by atomic mass is 9.64. The van der Waals surface area contributed by atoms with Crippen molar-refractivity contribution < 1.29 is 0 Å². The fraction of sp³-hybridized carbons (Fsp3) is 0.786. The molecule has 1 aromatic rings. The van der Waals surface area contributed by atoms with Crippen LogP contribution in [0.25, 0.3) is 0 Å². The predicted molar refractivity (Wildman–Crippen MR) is 130 cm³/mol. The molecule has 160 valence electrons. The highest BCUT2D eigenvalue weighted by Crippen LogP contribution is 2.59. The molecule has 1 aromatic carbocycles. The number of benzene rings is 1. The fourth-order valence-corrected chi connectivity index (χ4v) is 7.99. The Labute approximate surface area is 183 Å². The first-order valence-corrected chi connectivity index (χ1v) is 12.5. The van der Waals surface area contributed by atoms with Gasteiger partial charge in [-0.15, -0.1) is 0 Å². The SMILES string of the molecule is [B]c1c2c(cc3c1C(CCC)(CCC)CC3(C)C)C(C)(C)CC2(CCC)CCC. The van der Waals surface area contributed by atoms with E-state index < -0.39 is 0 Å². The standard InChI is InChI=1S/C28H45B/c1-9-13-27(14-10-2)18-25(5,6)20-17-21-23(24(29)22(20)27)28(15-11-3,16-12-4)19-26(21,7)8/h17H,9-16,18-19H2,1-8H3. The molecule has 0 spiro atoms. The summed E-state index contributed by atoms with van der Waals surface area (Å²) in [6.07, 6.45) is 12.6. The van der Waals surface area contributed by atoms with Crippen molar-refractivity contribution in [2.75, 3.05) is 0 Å². The molecule has 0 N–H and O–H groups in total. The highest BCUT2D eigenvalue weighted by Gasteiger charge is 2.53. The van der Waals surface area contributed by atoms with Crippen LogP contribution >= 0.6 is 0 Å². The van der Waals surface area contributed by atoms with Gasteiger partial charge in [-0.25, -0.2) is 0 Å². The highest BCUT2D eigenvalue weighted by molar-refractivity contribution is 6.35.